The van der Waals surface area contributed by atoms with Crippen LogP contribution < -0.4 is 10.6 Å². The highest BCUT2D eigenvalue weighted by molar-refractivity contribution is 5.28. The number of nitrogens with zero attached hydrogens (tertiary/aromatic N) is 3. The van der Waals surface area contributed by atoms with E-state index in [4.69, 9.17) is 5.73 Å². The van der Waals surface area contributed by atoms with Crippen LogP contribution in [0, 0.1) is 5.92 Å². The normalized spacial score (nSPS) is 23.9. The van der Waals surface area contributed by atoms with E-state index in [0.29, 0.717) is 12.5 Å². The first kappa shape index (κ1) is 11.3. The Labute approximate surface area is 95.3 Å². The smallest absolute Gasteiger partial charge is 0.225 e. The number of nitrogens with two attached hydrogens (primary N) is 1. The third-order valence-electron chi connectivity index (χ3n) is 3.01. The van der Waals surface area contributed by atoms with Crippen molar-refractivity contribution in [3.8, 4) is 0 Å². The van der Waals surface area contributed by atoms with Gasteiger partial charge >= 0.3 is 0 Å². The summed E-state index contributed by atoms with van der Waals surface area (Å²) in [4.78, 5) is 10.5. The number of aromatic nitrogens is 2. The fourth-order valence-corrected chi connectivity index (χ4v) is 1.97. The van der Waals surface area contributed by atoms with Gasteiger partial charge in [-0.3, -0.25) is 0 Å². The third-order valence-corrected chi connectivity index (χ3v) is 3.01. The van der Waals surface area contributed by atoms with Gasteiger partial charge in [0, 0.05) is 38.1 Å². The SMILES string of the molecule is CN(CC1CC(O)C1)c1ncc(CN)cn1. The summed E-state index contributed by atoms with van der Waals surface area (Å²) in [5.41, 5.74) is 6.42. The Bertz CT molecular complexity index is 334. The van der Waals surface area contributed by atoms with Crippen molar-refractivity contribution < 1.29 is 5.11 Å². The minimum atomic E-state index is -0.0982. The molecule has 1 aliphatic rings. The van der Waals surface area contributed by atoms with E-state index in [9.17, 15) is 5.11 Å². The predicted molar refractivity (Wildman–Crippen MR) is 61.9 cm³/mol. The van der Waals surface area contributed by atoms with Crippen LogP contribution in [0.4, 0.5) is 5.95 Å². The van der Waals surface area contributed by atoms with Crippen LogP contribution >= 0.6 is 0 Å². The van der Waals surface area contributed by atoms with Crippen molar-refractivity contribution >= 4 is 5.95 Å². The van der Waals surface area contributed by atoms with E-state index in [1.54, 1.807) is 12.4 Å². The molecule has 5 nitrogen and oxygen atoms in total. The van der Waals surface area contributed by atoms with Gasteiger partial charge in [0.2, 0.25) is 5.95 Å². The highest BCUT2D eigenvalue weighted by Crippen LogP contribution is 2.28. The molecule has 88 valence electrons. The van der Waals surface area contributed by atoms with Gasteiger partial charge in [-0.15, -0.1) is 0 Å². The van der Waals surface area contributed by atoms with Gasteiger partial charge in [0.05, 0.1) is 6.10 Å². The van der Waals surface area contributed by atoms with Gasteiger partial charge in [0.15, 0.2) is 0 Å². The highest BCUT2D eigenvalue weighted by Gasteiger charge is 2.28. The van der Waals surface area contributed by atoms with Crippen LogP contribution in [0.5, 0.6) is 0 Å². The van der Waals surface area contributed by atoms with Gasteiger partial charge in [-0.05, 0) is 18.8 Å². The Morgan fingerprint density at radius 1 is 1.44 bits per heavy atom. The molecule has 5 heteroatoms. The number of hydrogen-bond donors (Lipinski definition) is 2. The fraction of sp³-hybridized carbons (Fsp3) is 0.636. The van der Waals surface area contributed by atoms with Crippen LogP contribution in [0.3, 0.4) is 0 Å². The average molecular weight is 222 g/mol. The molecule has 1 fully saturated rings. The van der Waals surface area contributed by atoms with Crippen molar-refractivity contribution in [1.82, 2.24) is 9.97 Å². The Morgan fingerprint density at radius 3 is 2.56 bits per heavy atom. The molecule has 0 saturated heterocycles. The lowest BCUT2D eigenvalue weighted by atomic mass is 9.82. The number of aliphatic hydroxyl groups is 1. The number of rotatable bonds is 4. The molecular weight excluding hydrogens is 204 g/mol. The second-order valence-corrected chi connectivity index (χ2v) is 4.47. The molecule has 1 aliphatic carbocycles. The molecule has 16 heavy (non-hydrogen) atoms. The van der Waals surface area contributed by atoms with E-state index in [-0.39, 0.29) is 6.10 Å². The Balaban J connectivity index is 1.90. The summed E-state index contributed by atoms with van der Waals surface area (Å²) in [6.07, 6.45) is 5.21. The Morgan fingerprint density at radius 2 is 2.06 bits per heavy atom. The molecule has 0 aliphatic heterocycles. The molecule has 0 amide bonds. The third kappa shape index (κ3) is 2.48. The molecule has 0 atom stereocenters. The van der Waals surface area contributed by atoms with Gasteiger partial charge in [0.25, 0.3) is 0 Å². The molecule has 1 aromatic rings. The van der Waals surface area contributed by atoms with Crippen LogP contribution in [0.25, 0.3) is 0 Å². The summed E-state index contributed by atoms with van der Waals surface area (Å²) >= 11 is 0. The van der Waals surface area contributed by atoms with Crippen LogP contribution in [0.15, 0.2) is 12.4 Å². The standard InChI is InChI=1S/C11H18N4O/c1-15(7-8-2-10(16)3-8)11-13-5-9(4-12)6-14-11/h5-6,8,10,16H,2-4,7,12H2,1H3. The van der Waals surface area contributed by atoms with Crippen LogP contribution in [-0.2, 0) is 6.54 Å². The van der Waals surface area contributed by atoms with Gasteiger partial charge in [0.1, 0.15) is 0 Å². The zero-order valence-electron chi connectivity index (χ0n) is 9.50. The van der Waals surface area contributed by atoms with Gasteiger partial charge in [-0.1, -0.05) is 0 Å². The van der Waals surface area contributed by atoms with Crippen LogP contribution in [-0.4, -0.2) is 34.8 Å². The zero-order valence-corrected chi connectivity index (χ0v) is 9.50. The van der Waals surface area contributed by atoms with Crippen molar-refractivity contribution in [2.24, 2.45) is 11.7 Å². The highest BCUT2D eigenvalue weighted by atomic mass is 16.3. The monoisotopic (exact) mass is 222 g/mol. The van der Waals surface area contributed by atoms with E-state index < -0.39 is 0 Å². The molecule has 0 unspecified atom stereocenters. The summed E-state index contributed by atoms with van der Waals surface area (Å²) in [7, 11) is 1.97. The zero-order chi connectivity index (χ0) is 11.5. The Kier molecular flexibility index (Phi) is 3.36. The second-order valence-electron chi connectivity index (χ2n) is 4.47. The molecule has 1 heterocycles. The van der Waals surface area contributed by atoms with E-state index >= 15 is 0 Å². The minimum absolute atomic E-state index is 0.0982. The summed E-state index contributed by atoms with van der Waals surface area (Å²) in [5.74, 6) is 1.29. The summed E-state index contributed by atoms with van der Waals surface area (Å²) in [6.45, 7) is 1.37. The van der Waals surface area contributed by atoms with E-state index in [1.165, 1.54) is 0 Å². The molecule has 0 aromatic carbocycles. The summed E-state index contributed by atoms with van der Waals surface area (Å²) in [5, 5.41) is 9.21. The van der Waals surface area contributed by atoms with Crippen molar-refractivity contribution in [3.05, 3.63) is 18.0 Å². The molecule has 1 aromatic heterocycles. The summed E-state index contributed by atoms with van der Waals surface area (Å²) in [6, 6.07) is 0. The van der Waals surface area contributed by atoms with E-state index in [2.05, 4.69) is 9.97 Å². The van der Waals surface area contributed by atoms with Crippen molar-refractivity contribution in [2.75, 3.05) is 18.5 Å². The first-order chi connectivity index (χ1) is 7.69. The second kappa shape index (κ2) is 4.76. The van der Waals surface area contributed by atoms with Crippen LogP contribution in [0.1, 0.15) is 18.4 Å². The minimum Gasteiger partial charge on any atom is -0.393 e. The lowest BCUT2D eigenvalue weighted by Gasteiger charge is -2.34. The average Bonchev–Trinajstić information content (AvgIpc) is 2.27. The quantitative estimate of drug-likeness (QED) is 0.758. The molecular formula is C11H18N4O. The maximum Gasteiger partial charge on any atom is 0.225 e. The maximum absolute atomic E-state index is 9.21. The number of aliphatic hydroxyl groups excluding tert-OH is 1. The molecule has 2 rings (SSSR count). The lowest BCUT2D eigenvalue weighted by molar-refractivity contribution is 0.0463. The molecule has 1 saturated carbocycles. The van der Waals surface area contributed by atoms with Crippen molar-refractivity contribution in [3.63, 3.8) is 0 Å². The number of anilines is 1. The van der Waals surface area contributed by atoms with E-state index in [1.807, 2.05) is 11.9 Å². The molecule has 3 N–H and O–H groups in total. The molecule has 0 bridgehead atoms. The van der Waals surface area contributed by atoms with Crippen molar-refractivity contribution in [2.45, 2.75) is 25.5 Å². The topological polar surface area (TPSA) is 75.3 Å². The van der Waals surface area contributed by atoms with Crippen molar-refractivity contribution in [1.29, 1.82) is 0 Å². The lowest BCUT2D eigenvalue weighted by Crippen LogP contribution is -2.37. The van der Waals surface area contributed by atoms with Gasteiger partial charge in [-0.25, -0.2) is 9.97 Å². The largest absolute Gasteiger partial charge is 0.393 e. The molecule has 0 spiro atoms. The predicted octanol–water partition coefficient (Wildman–Crippen LogP) is 0.142. The first-order valence-corrected chi connectivity index (χ1v) is 5.59. The maximum atomic E-state index is 9.21. The first-order valence-electron chi connectivity index (χ1n) is 5.59. The number of hydrogen-bond acceptors (Lipinski definition) is 5. The fourth-order valence-electron chi connectivity index (χ4n) is 1.97. The van der Waals surface area contributed by atoms with E-state index in [0.717, 1.165) is 30.9 Å². The van der Waals surface area contributed by atoms with Gasteiger partial charge in [-0.2, -0.15) is 0 Å². The Hall–Kier alpha value is -1.20. The van der Waals surface area contributed by atoms with Crippen LogP contribution in [0.2, 0.25) is 0 Å². The summed E-state index contributed by atoms with van der Waals surface area (Å²) < 4.78 is 0. The van der Waals surface area contributed by atoms with Gasteiger partial charge < -0.3 is 15.7 Å². The molecule has 0 radical (unpaired) electrons.